The van der Waals surface area contributed by atoms with Gasteiger partial charge in [0.05, 0.1) is 6.61 Å². The fourth-order valence-electron chi connectivity index (χ4n) is 2.28. The summed E-state index contributed by atoms with van der Waals surface area (Å²) < 4.78 is 5.06. The van der Waals surface area contributed by atoms with Gasteiger partial charge >= 0.3 is 0 Å². The molecule has 1 aromatic heterocycles. The average molecular weight is 300 g/mol. The van der Waals surface area contributed by atoms with Crippen LogP contribution in [0.25, 0.3) is 0 Å². The number of hydrogen-bond donors (Lipinski definition) is 1. The molecule has 0 unspecified atom stereocenters. The predicted octanol–water partition coefficient (Wildman–Crippen LogP) is 3.31. The van der Waals surface area contributed by atoms with E-state index in [1.54, 1.807) is 7.11 Å². The fourth-order valence-corrected chi connectivity index (χ4v) is 2.28. The minimum Gasteiger partial charge on any atom is -0.383 e. The van der Waals surface area contributed by atoms with Crippen LogP contribution in [0.15, 0.2) is 30.3 Å². The zero-order valence-corrected chi connectivity index (χ0v) is 13.8. The Hall–Kier alpha value is -2.14. The van der Waals surface area contributed by atoms with Gasteiger partial charge in [-0.1, -0.05) is 12.1 Å². The molecule has 2 rings (SSSR count). The van der Waals surface area contributed by atoms with Crippen molar-refractivity contribution in [3.8, 4) is 0 Å². The Kier molecular flexibility index (Phi) is 5.72. The zero-order chi connectivity index (χ0) is 15.9. The Morgan fingerprint density at radius 2 is 2.00 bits per heavy atom. The van der Waals surface area contributed by atoms with Crippen LogP contribution in [-0.2, 0) is 4.74 Å². The molecule has 0 radical (unpaired) electrons. The third kappa shape index (κ3) is 4.18. The van der Waals surface area contributed by atoms with Crippen molar-refractivity contribution in [2.45, 2.75) is 20.8 Å². The molecule has 0 atom stereocenters. The van der Waals surface area contributed by atoms with Crippen molar-refractivity contribution in [2.75, 3.05) is 37.0 Å². The second-order valence-electron chi connectivity index (χ2n) is 5.20. The lowest BCUT2D eigenvalue weighted by atomic mass is 10.2. The van der Waals surface area contributed by atoms with Crippen molar-refractivity contribution in [2.24, 2.45) is 0 Å². The highest BCUT2D eigenvalue weighted by Gasteiger charge is 2.12. The van der Waals surface area contributed by atoms with E-state index in [1.165, 1.54) is 5.56 Å². The van der Waals surface area contributed by atoms with Crippen molar-refractivity contribution in [1.82, 2.24) is 9.97 Å². The van der Waals surface area contributed by atoms with E-state index >= 15 is 0 Å². The van der Waals surface area contributed by atoms with E-state index in [4.69, 9.17) is 4.74 Å². The maximum Gasteiger partial charge on any atom is 0.232 e. The molecule has 1 heterocycles. The van der Waals surface area contributed by atoms with E-state index in [1.807, 2.05) is 13.0 Å². The van der Waals surface area contributed by atoms with Gasteiger partial charge in [0.25, 0.3) is 0 Å². The van der Waals surface area contributed by atoms with Gasteiger partial charge in [-0.05, 0) is 38.5 Å². The van der Waals surface area contributed by atoms with Crippen molar-refractivity contribution in [3.05, 3.63) is 41.6 Å². The minimum atomic E-state index is 0.647. The van der Waals surface area contributed by atoms with Crippen LogP contribution in [0.1, 0.15) is 18.2 Å². The van der Waals surface area contributed by atoms with E-state index in [0.717, 1.165) is 30.3 Å². The number of nitrogens with one attached hydrogen (secondary N) is 1. The summed E-state index contributed by atoms with van der Waals surface area (Å²) in [5.74, 6) is 1.54. The van der Waals surface area contributed by atoms with E-state index in [2.05, 4.69) is 58.3 Å². The van der Waals surface area contributed by atoms with Gasteiger partial charge in [-0.3, -0.25) is 0 Å². The van der Waals surface area contributed by atoms with Gasteiger partial charge < -0.3 is 15.0 Å². The fraction of sp³-hybridized carbons (Fsp3) is 0.412. The van der Waals surface area contributed by atoms with Crippen molar-refractivity contribution in [3.63, 3.8) is 0 Å². The van der Waals surface area contributed by atoms with Crippen LogP contribution >= 0.6 is 0 Å². The average Bonchev–Trinajstić information content (AvgIpc) is 2.48. The molecule has 5 heteroatoms. The first-order valence-electron chi connectivity index (χ1n) is 7.56. The molecule has 1 N–H and O–H groups in total. The highest BCUT2D eigenvalue weighted by Crippen LogP contribution is 2.24. The molecule has 0 saturated carbocycles. The van der Waals surface area contributed by atoms with E-state index in [0.29, 0.717) is 12.6 Å². The molecular formula is C17H24N4O. The number of methoxy groups -OCH3 is 1. The van der Waals surface area contributed by atoms with Crippen LogP contribution in [0.2, 0.25) is 0 Å². The van der Waals surface area contributed by atoms with Crippen LogP contribution < -0.4 is 10.2 Å². The molecule has 0 saturated heterocycles. The lowest BCUT2D eigenvalue weighted by Crippen LogP contribution is -2.20. The number of ether oxygens (including phenoxy) is 1. The molecule has 0 aliphatic heterocycles. The van der Waals surface area contributed by atoms with Crippen LogP contribution in [0, 0.1) is 13.8 Å². The number of nitrogens with zero attached hydrogens (tertiary/aromatic N) is 3. The smallest absolute Gasteiger partial charge is 0.232 e. The molecule has 2 aromatic rings. The summed E-state index contributed by atoms with van der Waals surface area (Å²) in [7, 11) is 1.69. The van der Waals surface area contributed by atoms with Crippen molar-refractivity contribution >= 4 is 17.5 Å². The first kappa shape index (κ1) is 16.2. The number of hydrogen-bond acceptors (Lipinski definition) is 5. The summed E-state index contributed by atoms with van der Waals surface area (Å²) >= 11 is 0. The molecule has 0 spiro atoms. The Balaban J connectivity index is 2.28. The quantitative estimate of drug-likeness (QED) is 0.795. The summed E-state index contributed by atoms with van der Waals surface area (Å²) in [5.41, 5.74) is 3.27. The monoisotopic (exact) mass is 300 g/mol. The van der Waals surface area contributed by atoms with Gasteiger partial charge in [0.15, 0.2) is 0 Å². The second-order valence-corrected chi connectivity index (χ2v) is 5.20. The Morgan fingerprint density at radius 3 is 2.68 bits per heavy atom. The van der Waals surface area contributed by atoms with Crippen LogP contribution in [0.4, 0.5) is 17.5 Å². The highest BCUT2D eigenvalue weighted by atomic mass is 16.5. The maximum absolute atomic E-state index is 5.06. The molecular weight excluding hydrogens is 276 g/mol. The number of aryl methyl sites for hydroxylation is 2. The topological polar surface area (TPSA) is 50.3 Å². The minimum absolute atomic E-state index is 0.647. The Morgan fingerprint density at radius 1 is 1.18 bits per heavy atom. The largest absolute Gasteiger partial charge is 0.383 e. The molecule has 0 aliphatic rings. The molecule has 118 valence electrons. The molecule has 1 aromatic carbocycles. The van der Waals surface area contributed by atoms with Gasteiger partial charge in [0.2, 0.25) is 5.95 Å². The lowest BCUT2D eigenvalue weighted by molar-refractivity contribution is 0.210. The van der Waals surface area contributed by atoms with E-state index < -0.39 is 0 Å². The summed E-state index contributed by atoms with van der Waals surface area (Å²) in [6, 6.07) is 10.3. The van der Waals surface area contributed by atoms with Gasteiger partial charge in [0.1, 0.15) is 5.82 Å². The molecule has 0 bridgehead atoms. The van der Waals surface area contributed by atoms with Crippen LogP contribution in [-0.4, -0.2) is 36.8 Å². The summed E-state index contributed by atoms with van der Waals surface area (Å²) in [4.78, 5) is 11.3. The molecule has 22 heavy (non-hydrogen) atoms. The number of rotatable bonds is 7. The van der Waals surface area contributed by atoms with Crippen molar-refractivity contribution < 1.29 is 4.74 Å². The Bertz CT molecular complexity index is 615. The van der Waals surface area contributed by atoms with Crippen LogP contribution in [0.5, 0.6) is 0 Å². The van der Waals surface area contributed by atoms with Gasteiger partial charge in [-0.2, -0.15) is 4.98 Å². The predicted molar refractivity (Wildman–Crippen MR) is 91.0 cm³/mol. The first-order chi connectivity index (χ1) is 10.6. The van der Waals surface area contributed by atoms with E-state index in [9.17, 15) is 0 Å². The number of aromatic nitrogens is 2. The maximum atomic E-state index is 5.06. The standard InChI is InChI=1S/C17H24N4O/c1-5-21(15-8-6-7-13(2)11-15)17-19-14(3)12-16(20-17)18-9-10-22-4/h6-8,11-12H,5,9-10H2,1-4H3,(H,18,19,20). The third-order valence-electron chi connectivity index (χ3n) is 3.33. The molecule has 0 amide bonds. The van der Waals surface area contributed by atoms with Gasteiger partial charge in [-0.15, -0.1) is 0 Å². The molecule has 0 fully saturated rings. The highest BCUT2D eigenvalue weighted by molar-refractivity contribution is 5.59. The first-order valence-corrected chi connectivity index (χ1v) is 7.56. The van der Waals surface area contributed by atoms with Crippen molar-refractivity contribution in [1.29, 1.82) is 0 Å². The summed E-state index contributed by atoms with van der Waals surface area (Å²) in [5, 5.41) is 3.27. The molecule has 0 aliphatic carbocycles. The lowest BCUT2D eigenvalue weighted by Gasteiger charge is -2.22. The van der Waals surface area contributed by atoms with Gasteiger partial charge in [-0.25, -0.2) is 4.98 Å². The number of anilines is 3. The third-order valence-corrected chi connectivity index (χ3v) is 3.33. The SMILES string of the molecule is CCN(c1cccc(C)c1)c1nc(C)cc(NCCOC)n1. The van der Waals surface area contributed by atoms with Gasteiger partial charge in [0, 0.05) is 37.6 Å². The number of benzene rings is 1. The molecule has 5 nitrogen and oxygen atoms in total. The summed E-state index contributed by atoms with van der Waals surface area (Å²) in [6.45, 7) is 8.36. The normalized spacial score (nSPS) is 10.5. The van der Waals surface area contributed by atoms with E-state index in [-0.39, 0.29) is 0 Å². The zero-order valence-electron chi connectivity index (χ0n) is 13.8. The van der Waals surface area contributed by atoms with Crippen LogP contribution in [0.3, 0.4) is 0 Å². The second kappa shape index (κ2) is 7.75. The Labute approximate surface area is 132 Å². The summed E-state index contributed by atoms with van der Waals surface area (Å²) in [6.07, 6.45) is 0.